The molecule has 0 radical (unpaired) electrons. The lowest BCUT2D eigenvalue weighted by Gasteiger charge is -2.34. The maximum Gasteiger partial charge on any atom is 0.0115 e. The third-order valence-corrected chi connectivity index (χ3v) is 4.18. The summed E-state index contributed by atoms with van der Waals surface area (Å²) in [7, 11) is 2.27. The molecule has 0 spiro atoms. The van der Waals surface area contributed by atoms with Gasteiger partial charge in [-0.05, 0) is 53.1 Å². The van der Waals surface area contributed by atoms with Gasteiger partial charge in [0, 0.05) is 38.3 Å². The SMILES string of the molecule is CC(C)N(CCN(C)CC1(C)CCNC1)C(C)C. The summed E-state index contributed by atoms with van der Waals surface area (Å²) in [5.74, 6) is 0. The van der Waals surface area contributed by atoms with Crippen molar-refractivity contribution in [3.63, 3.8) is 0 Å². The van der Waals surface area contributed by atoms with Crippen LogP contribution in [-0.4, -0.2) is 61.7 Å². The zero-order chi connectivity index (χ0) is 13.8. The van der Waals surface area contributed by atoms with Crippen molar-refractivity contribution in [2.75, 3.05) is 39.8 Å². The van der Waals surface area contributed by atoms with Crippen LogP contribution in [0.5, 0.6) is 0 Å². The van der Waals surface area contributed by atoms with Crippen molar-refractivity contribution in [3.05, 3.63) is 0 Å². The largest absolute Gasteiger partial charge is 0.316 e. The van der Waals surface area contributed by atoms with Gasteiger partial charge in [-0.3, -0.25) is 4.90 Å². The third kappa shape index (κ3) is 4.87. The van der Waals surface area contributed by atoms with Crippen LogP contribution in [0.1, 0.15) is 41.0 Å². The molecule has 1 fully saturated rings. The first kappa shape index (κ1) is 15.9. The molecule has 1 unspecified atom stereocenters. The van der Waals surface area contributed by atoms with Crippen LogP contribution in [0.25, 0.3) is 0 Å². The first-order valence-corrected chi connectivity index (χ1v) is 7.49. The molecule has 0 saturated carbocycles. The van der Waals surface area contributed by atoms with E-state index in [4.69, 9.17) is 0 Å². The standard InChI is InChI=1S/C15H33N3/c1-13(2)18(14(3)4)10-9-17(6)12-15(5)7-8-16-11-15/h13-14,16H,7-12H2,1-6H3. The number of nitrogens with zero attached hydrogens (tertiary/aromatic N) is 2. The summed E-state index contributed by atoms with van der Waals surface area (Å²) in [5.41, 5.74) is 0.481. The molecule has 1 rings (SSSR count). The molecule has 1 saturated heterocycles. The molecule has 0 aromatic rings. The Morgan fingerprint density at radius 2 is 1.72 bits per heavy atom. The molecule has 1 N–H and O–H groups in total. The van der Waals surface area contributed by atoms with Crippen LogP contribution in [0.2, 0.25) is 0 Å². The van der Waals surface area contributed by atoms with Crippen LogP contribution in [-0.2, 0) is 0 Å². The van der Waals surface area contributed by atoms with Crippen LogP contribution in [0.15, 0.2) is 0 Å². The Morgan fingerprint density at radius 1 is 1.11 bits per heavy atom. The quantitative estimate of drug-likeness (QED) is 0.751. The predicted octanol–water partition coefficient (Wildman–Crippen LogP) is 2.04. The highest BCUT2D eigenvalue weighted by atomic mass is 15.2. The van der Waals surface area contributed by atoms with Crippen molar-refractivity contribution in [2.45, 2.75) is 53.1 Å². The van der Waals surface area contributed by atoms with Gasteiger partial charge in [-0.25, -0.2) is 0 Å². The van der Waals surface area contributed by atoms with Crippen molar-refractivity contribution in [1.82, 2.24) is 15.1 Å². The number of nitrogens with one attached hydrogen (secondary N) is 1. The van der Waals surface area contributed by atoms with Gasteiger partial charge in [0.05, 0.1) is 0 Å². The van der Waals surface area contributed by atoms with Crippen molar-refractivity contribution in [2.24, 2.45) is 5.41 Å². The van der Waals surface area contributed by atoms with Gasteiger partial charge in [0.25, 0.3) is 0 Å². The van der Waals surface area contributed by atoms with E-state index in [1.54, 1.807) is 0 Å². The minimum Gasteiger partial charge on any atom is -0.316 e. The van der Waals surface area contributed by atoms with Crippen LogP contribution in [0, 0.1) is 5.41 Å². The molecule has 1 aliphatic rings. The minimum absolute atomic E-state index is 0.481. The molecule has 1 aliphatic heterocycles. The van der Waals surface area contributed by atoms with Gasteiger partial charge in [-0.15, -0.1) is 0 Å². The monoisotopic (exact) mass is 255 g/mol. The van der Waals surface area contributed by atoms with Gasteiger partial charge < -0.3 is 10.2 Å². The predicted molar refractivity (Wildman–Crippen MR) is 80.1 cm³/mol. The maximum atomic E-state index is 3.48. The summed E-state index contributed by atoms with van der Waals surface area (Å²) in [6.45, 7) is 17.5. The van der Waals surface area contributed by atoms with Crippen molar-refractivity contribution < 1.29 is 0 Å². The lowest BCUT2D eigenvalue weighted by Crippen LogP contribution is -2.44. The van der Waals surface area contributed by atoms with Crippen molar-refractivity contribution in [1.29, 1.82) is 0 Å². The van der Waals surface area contributed by atoms with Gasteiger partial charge in [0.1, 0.15) is 0 Å². The molecule has 0 aromatic carbocycles. The van der Waals surface area contributed by atoms with E-state index < -0.39 is 0 Å². The zero-order valence-corrected chi connectivity index (χ0v) is 13.3. The highest BCUT2D eigenvalue weighted by molar-refractivity contribution is 4.86. The Hall–Kier alpha value is -0.120. The first-order chi connectivity index (χ1) is 8.34. The van der Waals surface area contributed by atoms with E-state index in [9.17, 15) is 0 Å². The summed E-state index contributed by atoms with van der Waals surface area (Å²) < 4.78 is 0. The Balaban J connectivity index is 2.33. The molecule has 1 atom stereocenters. The van der Waals surface area contributed by atoms with E-state index >= 15 is 0 Å². The molecule has 1 heterocycles. The van der Waals surface area contributed by atoms with E-state index in [1.165, 1.54) is 39.1 Å². The second-order valence-electron chi connectivity index (χ2n) is 6.90. The Labute approximate surface area is 114 Å². The van der Waals surface area contributed by atoms with Crippen LogP contribution in [0.4, 0.5) is 0 Å². The van der Waals surface area contributed by atoms with Gasteiger partial charge in [0.2, 0.25) is 0 Å². The Morgan fingerprint density at radius 3 is 2.17 bits per heavy atom. The van der Waals surface area contributed by atoms with Crippen molar-refractivity contribution >= 4 is 0 Å². The molecular weight excluding hydrogens is 222 g/mol. The van der Waals surface area contributed by atoms with Crippen LogP contribution < -0.4 is 5.32 Å². The van der Waals surface area contributed by atoms with E-state index in [1.807, 2.05) is 0 Å². The maximum absolute atomic E-state index is 3.48. The Bertz CT molecular complexity index is 224. The van der Waals surface area contributed by atoms with E-state index in [0.717, 1.165) is 0 Å². The lowest BCUT2D eigenvalue weighted by molar-refractivity contribution is 0.135. The molecule has 0 aliphatic carbocycles. The van der Waals surface area contributed by atoms with Crippen LogP contribution >= 0.6 is 0 Å². The smallest absolute Gasteiger partial charge is 0.0115 e. The van der Waals surface area contributed by atoms with E-state index in [-0.39, 0.29) is 0 Å². The average molecular weight is 255 g/mol. The number of rotatable bonds is 7. The fourth-order valence-corrected chi connectivity index (χ4v) is 3.13. The normalized spacial score (nSPS) is 25.0. The molecule has 0 amide bonds. The highest BCUT2D eigenvalue weighted by Crippen LogP contribution is 2.25. The number of hydrogen-bond donors (Lipinski definition) is 1. The van der Waals surface area contributed by atoms with Crippen LogP contribution in [0.3, 0.4) is 0 Å². The van der Waals surface area contributed by atoms with E-state index in [0.29, 0.717) is 17.5 Å². The molecule has 0 aromatic heterocycles. The summed E-state index contributed by atoms with van der Waals surface area (Å²) in [4.78, 5) is 5.08. The second-order valence-corrected chi connectivity index (χ2v) is 6.90. The second kappa shape index (κ2) is 6.88. The average Bonchev–Trinajstić information content (AvgIpc) is 2.63. The topological polar surface area (TPSA) is 18.5 Å². The summed E-state index contributed by atoms with van der Waals surface area (Å²) in [6.07, 6.45) is 1.31. The van der Waals surface area contributed by atoms with Gasteiger partial charge in [-0.2, -0.15) is 0 Å². The summed E-state index contributed by atoms with van der Waals surface area (Å²) >= 11 is 0. The molecular formula is C15H33N3. The molecule has 18 heavy (non-hydrogen) atoms. The van der Waals surface area contributed by atoms with Gasteiger partial charge in [-0.1, -0.05) is 6.92 Å². The fourth-order valence-electron chi connectivity index (χ4n) is 3.13. The molecule has 0 bridgehead atoms. The molecule has 108 valence electrons. The molecule has 3 heteroatoms. The fraction of sp³-hybridized carbons (Fsp3) is 1.00. The lowest BCUT2D eigenvalue weighted by atomic mass is 9.89. The van der Waals surface area contributed by atoms with E-state index in [2.05, 4.69) is 56.8 Å². The molecule has 3 nitrogen and oxygen atoms in total. The first-order valence-electron chi connectivity index (χ1n) is 7.49. The van der Waals surface area contributed by atoms with Gasteiger partial charge in [0.15, 0.2) is 0 Å². The number of hydrogen-bond acceptors (Lipinski definition) is 3. The highest BCUT2D eigenvalue weighted by Gasteiger charge is 2.29. The third-order valence-electron chi connectivity index (χ3n) is 4.18. The van der Waals surface area contributed by atoms with Crippen molar-refractivity contribution in [3.8, 4) is 0 Å². The van der Waals surface area contributed by atoms with Gasteiger partial charge >= 0.3 is 0 Å². The summed E-state index contributed by atoms with van der Waals surface area (Å²) in [5, 5.41) is 3.48. The number of likely N-dealkylation sites (N-methyl/N-ethyl adjacent to an activating group) is 1. The minimum atomic E-state index is 0.481. The Kier molecular flexibility index (Phi) is 6.09. The zero-order valence-electron chi connectivity index (χ0n) is 13.3. The summed E-state index contributed by atoms with van der Waals surface area (Å²) in [6, 6.07) is 1.28.